The van der Waals surface area contributed by atoms with Crippen molar-refractivity contribution in [2.75, 3.05) is 13.7 Å². The van der Waals surface area contributed by atoms with Crippen molar-refractivity contribution in [3.8, 4) is 5.75 Å². The first-order valence-electron chi connectivity index (χ1n) is 10.2. The van der Waals surface area contributed by atoms with Crippen molar-refractivity contribution in [2.24, 2.45) is 0 Å². The third kappa shape index (κ3) is 6.97. The van der Waals surface area contributed by atoms with Crippen molar-refractivity contribution in [3.05, 3.63) is 98.4 Å². The number of hydrogen-bond acceptors (Lipinski definition) is 3. The van der Waals surface area contributed by atoms with Crippen molar-refractivity contribution >= 4 is 50.9 Å². The highest BCUT2D eigenvalue weighted by Crippen LogP contribution is 2.27. The molecule has 2 amide bonds. The Morgan fingerprint density at radius 1 is 0.970 bits per heavy atom. The smallest absolute Gasteiger partial charge is 0.261 e. The molecule has 33 heavy (non-hydrogen) atoms. The van der Waals surface area contributed by atoms with Crippen LogP contribution >= 0.6 is 39.1 Å². The van der Waals surface area contributed by atoms with Crippen LogP contribution in [-0.4, -0.2) is 36.4 Å². The molecule has 5 nitrogen and oxygen atoms in total. The number of nitrogens with zero attached hydrogens (tertiary/aromatic N) is 1. The van der Waals surface area contributed by atoms with Crippen LogP contribution in [0.3, 0.4) is 0 Å². The molecule has 0 radical (unpaired) electrons. The van der Waals surface area contributed by atoms with Gasteiger partial charge in [0.25, 0.3) is 5.91 Å². The maximum absolute atomic E-state index is 13.4. The van der Waals surface area contributed by atoms with E-state index in [1.54, 1.807) is 37.4 Å². The second-order valence-corrected chi connectivity index (χ2v) is 9.01. The Hall–Kier alpha value is -2.54. The maximum Gasteiger partial charge on any atom is 0.261 e. The highest BCUT2D eigenvalue weighted by molar-refractivity contribution is 9.10. The van der Waals surface area contributed by atoms with Gasteiger partial charge in [-0.1, -0.05) is 75.5 Å². The SMILES string of the molecule is CNC(=O)C(Cc1ccccc1)N(Cc1c(Cl)cccc1Cl)C(=O)COc1ccc(Br)cc1. The van der Waals surface area contributed by atoms with Crippen molar-refractivity contribution in [2.45, 2.75) is 19.0 Å². The molecule has 0 bridgehead atoms. The molecule has 0 heterocycles. The molecule has 0 aliphatic rings. The molecule has 0 aliphatic heterocycles. The lowest BCUT2D eigenvalue weighted by atomic mass is 10.0. The fourth-order valence-electron chi connectivity index (χ4n) is 3.33. The number of rotatable bonds is 9. The van der Waals surface area contributed by atoms with Crippen LogP contribution in [0.4, 0.5) is 0 Å². The summed E-state index contributed by atoms with van der Waals surface area (Å²) in [6, 6.07) is 21.0. The highest BCUT2D eigenvalue weighted by Gasteiger charge is 2.31. The minimum atomic E-state index is -0.786. The molecule has 1 atom stereocenters. The van der Waals surface area contributed by atoms with Crippen LogP contribution in [-0.2, 0) is 22.6 Å². The average Bonchev–Trinajstić information content (AvgIpc) is 2.82. The molecule has 3 aromatic rings. The van der Waals surface area contributed by atoms with Gasteiger partial charge in [0, 0.05) is 40.1 Å². The van der Waals surface area contributed by atoms with Crippen molar-refractivity contribution < 1.29 is 14.3 Å². The van der Waals surface area contributed by atoms with Gasteiger partial charge in [0.1, 0.15) is 11.8 Å². The molecule has 0 aliphatic carbocycles. The van der Waals surface area contributed by atoms with Gasteiger partial charge >= 0.3 is 0 Å². The number of nitrogens with one attached hydrogen (secondary N) is 1. The summed E-state index contributed by atoms with van der Waals surface area (Å²) < 4.78 is 6.61. The first-order chi connectivity index (χ1) is 15.9. The van der Waals surface area contributed by atoms with Gasteiger partial charge in [0.15, 0.2) is 6.61 Å². The normalized spacial score (nSPS) is 11.5. The first-order valence-corrected chi connectivity index (χ1v) is 11.8. The third-order valence-electron chi connectivity index (χ3n) is 5.08. The molecule has 0 saturated heterocycles. The van der Waals surface area contributed by atoms with E-state index in [1.165, 1.54) is 4.90 Å². The van der Waals surface area contributed by atoms with Gasteiger partial charge in [-0.25, -0.2) is 0 Å². The average molecular weight is 550 g/mol. The van der Waals surface area contributed by atoms with Crippen LogP contribution in [0.1, 0.15) is 11.1 Å². The Balaban J connectivity index is 1.91. The van der Waals surface area contributed by atoms with E-state index < -0.39 is 6.04 Å². The third-order valence-corrected chi connectivity index (χ3v) is 6.32. The van der Waals surface area contributed by atoms with Crippen LogP contribution in [0.2, 0.25) is 10.0 Å². The number of carbonyl (C=O) groups is 2. The van der Waals surface area contributed by atoms with Crippen LogP contribution < -0.4 is 10.1 Å². The second-order valence-electron chi connectivity index (χ2n) is 7.28. The van der Waals surface area contributed by atoms with Gasteiger partial charge in [-0.05, 0) is 42.0 Å². The van der Waals surface area contributed by atoms with Crippen LogP contribution in [0.15, 0.2) is 77.3 Å². The molecule has 0 aromatic heterocycles. The lowest BCUT2D eigenvalue weighted by Gasteiger charge is -2.31. The Morgan fingerprint density at radius 3 is 2.21 bits per heavy atom. The predicted octanol–water partition coefficient (Wildman–Crippen LogP) is 5.52. The van der Waals surface area contributed by atoms with E-state index in [-0.39, 0.29) is 25.0 Å². The molecule has 3 aromatic carbocycles. The van der Waals surface area contributed by atoms with Gasteiger partial charge in [-0.2, -0.15) is 0 Å². The zero-order valence-corrected chi connectivity index (χ0v) is 21.0. The molecular weight excluding hydrogens is 527 g/mol. The number of carbonyl (C=O) groups excluding carboxylic acids is 2. The van der Waals surface area contributed by atoms with Crippen LogP contribution in [0.25, 0.3) is 0 Å². The number of halogens is 3. The van der Waals surface area contributed by atoms with Gasteiger partial charge in [-0.15, -0.1) is 0 Å². The summed E-state index contributed by atoms with van der Waals surface area (Å²) in [6.07, 6.45) is 0.326. The van der Waals surface area contributed by atoms with E-state index in [2.05, 4.69) is 21.2 Å². The number of ether oxygens (including phenoxy) is 1. The van der Waals surface area contributed by atoms with Crippen molar-refractivity contribution in [1.29, 1.82) is 0 Å². The summed E-state index contributed by atoms with van der Waals surface area (Å²) >= 11 is 16.1. The molecule has 1 N–H and O–H groups in total. The summed E-state index contributed by atoms with van der Waals surface area (Å²) in [6.45, 7) is -0.183. The van der Waals surface area contributed by atoms with Crippen LogP contribution in [0.5, 0.6) is 5.75 Å². The molecule has 3 rings (SSSR count). The van der Waals surface area contributed by atoms with Gasteiger partial charge < -0.3 is 15.0 Å². The molecule has 0 fully saturated rings. The molecule has 0 spiro atoms. The molecule has 0 saturated carbocycles. The van der Waals surface area contributed by atoms with E-state index in [0.717, 1.165) is 10.0 Å². The number of hydrogen-bond donors (Lipinski definition) is 1. The Morgan fingerprint density at radius 2 is 1.61 bits per heavy atom. The minimum Gasteiger partial charge on any atom is -0.484 e. The van der Waals surface area contributed by atoms with E-state index >= 15 is 0 Å². The van der Waals surface area contributed by atoms with E-state index in [9.17, 15) is 9.59 Å². The minimum absolute atomic E-state index is 0.0615. The fourth-order valence-corrected chi connectivity index (χ4v) is 4.11. The highest BCUT2D eigenvalue weighted by atomic mass is 79.9. The Labute approximate surface area is 211 Å². The maximum atomic E-state index is 13.4. The number of amides is 2. The lowest BCUT2D eigenvalue weighted by Crippen LogP contribution is -2.51. The summed E-state index contributed by atoms with van der Waals surface area (Å²) in [5, 5.41) is 3.51. The standard InChI is InChI=1S/C25H23BrCl2N2O3/c1-29-25(32)23(14-17-6-3-2-4-7-17)30(15-20-21(27)8-5-9-22(20)28)24(31)16-33-19-12-10-18(26)11-13-19/h2-13,23H,14-16H2,1H3,(H,29,32). The quantitative estimate of drug-likeness (QED) is 0.382. The van der Waals surface area contributed by atoms with E-state index in [1.807, 2.05) is 42.5 Å². The summed E-state index contributed by atoms with van der Waals surface area (Å²) in [5.41, 5.74) is 1.49. The summed E-state index contributed by atoms with van der Waals surface area (Å²) in [5.74, 6) is -0.112. The van der Waals surface area contributed by atoms with Gasteiger partial charge in [-0.3, -0.25) is 9.59 Å². The predicted molar refractivity (Wildman–Crippen MR) is 135 cm³/mol. The number of benzene rings is 3. The van der Waals surface area contributed by atoms with E-state index in [4.69, 9.17) is 27.9 Å². The molecular formula is C25H23BrCl2N2O3. The Kier molecular flexibility index (Phi) is 9.18. The summed E-state index contributed by atoms with van der Waals surface area (Å²) in [4.78, 5) is 27.8. The summed E-state index contributed by atoms with van der Waals surface area (Å²) in [7, 11) is 1.55. The molecule has 1 unspecified atom stereocenters. The monoisotopic (exact) mass is 548 g/mol. The van der Waals surface area contributed by atoms with E-state index in [0.29, 0.717) is 27.8 Å². The Bertz CT molecular complexity index is 1070. The molecule has 172 valence electrons. The topological polar surface area (TPSA) is 58.6 Å². The second kappa shape index (κ2) is 12.1. The zero-order chi connectivity index (χ0) is 23.8. The fraction of sp³-hybridized carbons (Fsp3) is 0.200. The van der Waals surface area contributed by atoms with Gasteiger partial charge in [0.05, 0.1) is 0 Å². The number of likely N-dealkylation sites (N-methyl/N-ethyl adjacent to an activating group) is 1. The van der Waals surface area contributed by atoms with Crippen molar-refractivity contribution in [3.63, 3.8) is 0 Å². The molecule has 8 heteroatoms. The zero-order valence-electron chi connectivity index (χ0n) is 17.9. The van der Waals surface area contributed by atoms with Gasteiger partial charge in [0.2, 0.25) is 5.91 Å². The van der Waals surface area contributed by atoms with Crippen LogP contribution in [0, 0.1) is 0 Å². The van der Waals surface area contributed by atoms with Crippen molar-refractivity contribution in [1.82, 2.24) is 10.2 Å². The first kappa shape index (κ1) is 25.1. The lowest BCUT2D eigenvalue weighted by molar-refractivity contribution is -0.142. The largest absolute Gasteiger partial charge is 0.484 e.